The Labute approximate surface area is 128 Å². The second-order valence-electron chi connectivity index (χ2n) is 7.10. The standard InChI is InChI=1S/C17H31NO3/c1-3-7-16(10-11-16)12-18-13-17(20)8-5-14(6-9-17)15(19)21-4-2/h14,18,20H,3-13H2,1-2H3. The topological polar surface area (TPSA) is 58.6 Å². The number of hydrogen-bond donors (Lipinski definition) is 2. The van der Waals surface area contributed by atoms with E-state index < -0.39 is 5.60 Å². The minimum absolute atomic E-state index is 0.0138. The van der Waals surface area contributed by atoms with Crippen LogP contribution in [0.3, 0.4) is 0 Å². The molecule has 21 heavy (non-hydrogen) atoms. The minimum Gasteiger partial charge on any atom is -0.466 e. The summed E-state index contributed by atoms with van der Waals surface area (Å²) in [5.41, 5.74) is -0.113. The maximum absolute atomic E-state index is 11.7. The SMILES string of the molecule is CCCC1(CNCC2(O)CCC(C(=O)OCC)CC2)CC1. The smallest absolute Gasteiger partial charge is 0.308 e. The highest BCUT2D eigenvalue weighted by atomic mass is 16.5. The van der Waals surface area contributed by atoms with Crippen LogP contribution < -0.4 is 5.32 Å². The maximum Gasteiger partial charge on any atom is 0.308 e. The third-order valence-electron chi connectivity index (χ3n) is 5.23. The van der Waals surface area contributed by atoms with Crippen molar-refractivity contribution in [2.45, 2.75) is 70.8 Å². The van der Waals surface area contributed by atoms with Gasteiger partial charge in [-0.1, -0.05) is 13.3 Å². The van der Waals surface area contributed by atoms with Gasteiger partial charge in [0.2, 0.25) is 0 Å². The van der Waals surface area contributed by atoms with Crippen molar-refractivity contribution in [1.29, 1.82) is 0 Å². The molecule has 0 bridgehead atoms. The highest BCUT2D eigenvalue weighted by Gasteiger charge is 2.42. The van der Waals surface area contributed by atoms with Gasteiger partial charge in [-0.25, -0.2) is 0 Å². The molecule has 0 aromatic rings. The molecular formula is C17H31NO3. The van der Waals surface area contributed by atoms with E-state index in [-0.39, 0.29) is 11.9 Å². The summed E-state index contributed by atoms with van der Waals surface area (Å²) in [4.78, 5) is 11.7. The predicted octanol–water partition coefficient (Wildman–Crippen LogP) is 2.64. The third kappa shape index (κ3) is 4.68. The van der Waals surface area contributed by atoms with Crippen molar-refractivity contribution < 1.29 is 14.6 Å². The molecule has 0 heterocycles. The first kappa shape index (κ1) is 16.8. The number of esters is 1. The lowest BCUT2D eigenvalue weighted by atomic mass is 9.78. The minimum atomic E-state index is -0.634. The third-order valence-corrected chi connectivity index (χ3v) is 5.23. The van der Waals surface area contributed by atoms with Crippen molar-refractivity contribution in [3.63, 3.8) is 0 Å². The van der Waals surface area contributed by atoms with E-state index in [0.717, 1.165) is 19.4 Å². The van der Waals surface area contributed by atoms with Crippen LogP contribution in [-0.4, -0.2) is 36.4 Å². The lowest BCUT2D eigenvalue weighted by Crippen LogP contribution is -2.45. The summed E-state index contributed by atoms with van der Waals surface area (Å²) in [7, 11) is 0. The lowest BCUT2D eigenvalue weighted by molar-refractivity contribution is -0.151. The Morgan fingerprint density at radius 2 is 1.86 bits per heavy atom. The highest BCUT2D eigenvalue weighted by molar-refractivity contribution is 5.72. The Hall–Kier alpha value is -0.610. The van der Waals surface area contributed by atoms with E-state index in [0.29, 0.717) is 31.4 Å². The van der Waals surface area contributed by atoms with Crippen molar-refractivity contribution in [2.75, 3.05) is 19.7 Å². The Morgan fingerprint density at radius 1 is 1.19 bits per heavy atom. The van der Waals surface area contributed by atoms with Gasteiger partial charge in [0.1, 0.15) is 0 Å². The van der Waals surface area contributed by atoms with E-state index in [9.17, 15) is 9.90 Å². The van der Waals surface area contributed by atoms with Gasteiger partial charge < -0.3 is 15.2 Å². The van der Waals surface area contributed by atoms with Gasteiger partial charge in [-0.05, 0) is 57.3 Å². The van der Waals surface area contributed by atoms with Crippen LogP contribution in [0, 0.1) is 11.3 Å². The fourth-order valence-corrected chi connectivity index (χ4v) is 3.61. The van der Waals surface area contributed by atoms with Gasteiger partial charge >= 0.3 is 5.97 Å². The molecule has 2 fully saturated rings. The van der Waals surface area contributed by atoms with Crippen molar-refractivity contribution in [2.24, 2.45) is 11.3 Å². The van der Waals surface area contributed by atoms with Crippen molar-refractivity contribution in [3.05, 3.63) is 0 Å². The summed E-state index contributed by atoms with van der Waals surface area (Å²) in [5, 5.41) is 14.1. The molecule has 2 saturated carbocycles. The van der Waals surface area contributed by atoms with Crippen LogP contribution >= 0.6 is 0 Å². The fraction of sp³-hybridized carbons (Fsp3) is 0.941. The molecule has 2 aliphatic carbocycles. The normalized spacial score (nSPS) is 30.9. The monoisotopic (exact) mass is 297 g/mol. The van der Waals surface area contributed by atoms with Crippen LogP contribution in [0.25, 0.3) is 0 Å². The van der Waals surface area contributed by atoms with E-state index in [4.69, 9.17) is 4.74 Å². The largest absolute Gasteiger partial charge is 0.466 e. The van der Waals surface area contributed by atoms with Crippen molar-refractivity contribution in [1.82, 2.24) is 5.32 Å². The first-order valence-electron chi connectivity index (χ1n) is 8.62. The van der Waals surface area contributed by atoms with Crippen molar-refractivity contribution in [3.8, 4) is 0 Å². The summed E-state index contributed by atoms with van der Waals surface area (Å²) in [5.74, 6) is -0.104. The molecule has 0 aromatic heterocycles. The molecule has 0 aromatic carbocycles. The second kappa shape index (κ2) is 7.10. The number of ether oxygens (including phenoxy) is 1. The number of aliphatic hydroxyl groups is 1. The van der Waals surface area contributed by atoms with E-state index in [1.807, 2.05) is 6.92 Å². The Bertz CT molecular complexity index is 344. The van der Waals surface area contributed by atoms with E-state index in [1.165, 1.54) is 25.7 Å². The van der Waals surface area contributed by atoms with E-state index >= 15 is 0 Å². The Kier molecular flexibility index (Phi) is 5.67. The van der Waals surface area contributed by atoms with Crippen LogP contribution in [0.1, 0.15) is 65.2 Å². The van der Waals surface area contributed by atoms with Gasteiger partial charge in [-0.3, -0.25) is 4.79 Å². The van der Waals surface area contributed by atoms with Gasteiger partial charge in [0.05, 0.1) is 18.1 Å². The van der Waals surface area contributed by atoms with Gasteiger partial charge in [0.15, 0.2) is 0 Å². The Balaban J connectivity index is 1.69. The number of carbonyl (C=O) groups is 1. The van der Waals surface area contributed by atoms with Crippen LogP contribution in [0.15, 0.2) is 0 Å². The quantitative estimate of drug-likeness (QED) is 0.676. The highest BCUT2D eigenvalue weighted by Crippen LogP contribution is 2.49. The number of carbonyl (C=O) groups excluding carboxylic acids is 1. The van der Waals surface area contributed by atoms with Crippen molar-refractivity contribution >= 4 is 5.97 Å². The first-order valence-corrected chi connectivity index (χ1v) is 8.62. The number of nitrogens with one attached hydrogen (secondary N) is 1. The zero-order valence-corrected chi connectivity index (χ0v) is 13.6. The molecule has 4 heteroatoms. The predicted molar refractivity (Wildman–Crippen MR) is 83.0 cm³/mol. The molecule has 0 unspecified atom stereocenters. The van der Waals surface area contributed by atoms with Crippen LogP contribution in [0.5, 0.6) is 0 Å². The maximum atomic E-state index is 11.7. The molecule has 4 nitrogen and oxygen atoms in total. The van der Waals surface area contributed by atoms with Crippen LogP contribution in [0.2, 0.25) is 0 Å². The molecule has 0 atom stereocenters. The average molecular weight is 297 g/mol. The molecule has 2 N–H and O–H groups in total. The van der Waals surface area contributed by atoms with E-state index in [2.05, 4.69) is 12.2 Å². The second-order valence-corrected chi connectivity index (χ2v) is 7.10. The molecule has 0 amide bonds. The van der Waals surface area contributed by atoms with Gasteiger partial charge in [0.25, 0.3) is 0 Å². The zero-order chi connectivity index (χ0) is 15.3. The molecule has 0 saturated heterocycles. The summed E-state index contributed by atoms with van der Waals surface area (Å²) < 4.78 is 5.07. The summed E-state index contributed by atoms with van der Waals surface area (Å²) in [6.07, 6.45) is 8.09. The summed E-state index contributed by atoms with van der Waals surface area (Å²) in [6, 6.07) is 0. The Morgan fingerprint density at radius 3 is 2.38 bits per heavy atom. The molecule has 0 aliphatic heterocycles. The molecule has 0 radical (unpaired) electrons. The fourth-order valence-electron chi connectivity index (χ4n) is 3.61. The molecule has 0 spiro atoms. The van der Waals surface area contributed by atoms with E-state index in [1.54, 1.807) is 0 Å². The molecular weight excluding hydrogens is 266 g/mol. The average Bonchev–Trinajstić information content (AvgIpc) is 3.20. The van der Waals surface area contributed by atoms with Crippen LogP contribution in [0.4, 0.5) is 0 Å². The van der Waals surface area contributed by atoms with Gasteiger partial charge in [-0.15, -0.1) is 0 Å². The van der Waals surface area contributed by atoms with Crippen LogP contribution in [-0.2, 0) is 9.53 Å². The number of hydrogen-bond acceptors (Lipinski definition) is 4. The van der Waals surface area contributed by atoms with Gasteiger partial charge in [-0.2, -0.15) is 0 Å². The zero-order valence-electron chi connectivity index (χ0n) is 13.6. The van der Waals surface area contributed by atoms with Gasteiger partial charge in [0, 0.05) is 13.1 Å². The lowest BCUT2D eigenvalue weighted by Gasteiger charge is -2.35. The molecule has 2 rings (SSSR count). The molecule has 122 valence electrons. The molecule has 2 aliphatic rings. The summed E-state index contributed by atoms with van der Waals surface area (Å²) >= 11 is 0. The number of rotatable bonds is 8. The summed E-state index contributed by atoms with van der Waals surface area (Å²) in [6.45, 7) is 6.22. The first-order chi connectivity index (χ1) is 10.0.